The fourth-order valence-corrected chi connectivity index (χ4v) is 1.40. The van der Waals surface area contributed by atoms with Gasteiger partial charge in [-0.3, -0.25) is 0 Å². The van der Waals surface area contributed by atoms with Crippen molar-refractivity contribution in [2.75, 3.05) is 0 Å². The summed E-state index contributed by atoms with van der Waals surface area (Å²) in [6, 6.07) is 0. The van der Waals surface area contributed by atoms with Gasteiger partial charge in [0, 0.05) is 5.92 Å². The minimum atomic E-state index is 0.471. The highest BCUT2D eigenvalue weighted by Gasteiger charge is 2.23. The van der Waals surface area contributed by atoms with Gasteiger partial charge in [0.15, 0.2) is 0 Å². The Morgan fingerprint density at radius 2 is 2.33 bits per heavy atom. The SMILES string of the molecule is [C]#CC(CC)C1CCC1. The van der Waals surface area contributed by atoms with Gasteiger partial charge in [0.05, 0.1) is 0 Å². The van der Waals surface area contributed by atoms with E-state index in [2.05, 4.69) is 12.8 Å². The molecule has 0 aliphatic heterocycles. The average molecular weight is 121 g/mol. The third-order valence-corrected chi connectivity index (χ3v) is 2.34. The van der Waals surface area contributed by atoms with Crippen LogP contribution in [0.15, 0.2) is 0 Å². The molecule has 0 amide bonds. The summed E-state index contributed by atoms with van der Waals surface area (Å²) >= 11 is 0. The van der Waals surface area contributed by atoms with Crippen LogP contribution in [0, 0.1) is 24.2 Å². The maximum absolute atomic E-state index is 6.98. The Labute approximate surface area is 57.7 Å². The molecule has 1 aliphatic rings. The lowest BCUT2D eigenvalue weighted by Gasteiger charge is -2.29. The highest BCUT2D eigenvalue weighted by atomic mass is 14.3. The van der Waals surface area contributed by atoms with Crippen LogP contribution in [0.25, 0.3) is 0 Å². The lowest BCUT2D eigenvalue weighted by Crippen LogP contribution is -2.19. The van der Waals surface area contributed by atoms with E-state index in [0.717, 1.165) is 12.3 Å². The molecule has 0 aromatic carbocycles. The van der Waals surface area contributed by atoms with E-state index < -0.39 is 0 Å². The molecule has 0 nitrogen and oxygen atoms in total. The fourth-order valence-electron chi connectivity index (χ4n) is 1.40. The van der Waals surface area contributed by atoms with E-state index >= 15 is 0 Å². The Kier molecular flexibility index (Phi) is 2.16. The van der Waals surface area contributed by atoms with Crippen LogP contribution in [0.1, 0.15) is 32.6 Å². The molecular formula is C9H13. The summed E-state index contributed by atoms with van der Waals surface area (Å²) < 4.78 is 0. The molecule has 49 valence electrons. The molecule has 0 bridgehead atoms. The van der Waals surface area contributed by atoms with Crippen molar-refractivity contribution >= 4 is 0 Å². The van der Waals surface area contributed by atoms with E-state index in [9.17, 15) is 0 Å². The largest absolute Gasteiger partial charge is 0.0854 e. The van der Waals surface area contributed by atoms with Crippen molar-refractivity contribution in [1.29, 1.82) is 0 Å². The van der Waals surface area contributed by atoms with Crippen LogP contribution >= 0.6 is 0 Å². The predicted octanol–water partition coefficient (Wildman–Crippen LogP) is 2.40. The van der Waals surface area contributed by atoms with Gasteiger partial charge in [-0.15, -0.1) is 0 Å². The van der Waals surface area contributed by atoms with Crippen molar-refractivity contribution in [2.45, 2.75) is 32.6 Å². The molecule has 0 N–H and O–H groups in total. The number of rotatable bonds is 2. The molecule has 9 heavy (non-hydrogen) atoms. The van der Waals surface area contributed by atoms with Crippen LogP contribution in [0.3, 0.4) is 0 Å². The first-order valence-electron chi connectivity index (χ1n) is 3.80. The van der Waals surface area contributed by atoms with Crippen molar-refractivity contribution < 1.29 is 0 Å². The first-order valence-corrected chi connectivity index (χ1v) is 3.80. The molecule has 1 saturated carbocycles. The zero-order chi connectivity index (χ0) is 6.69. The fraction of sp³-hybridized carbons (Fsp3) is 0.778. The molecule has 0 aromatic rings. The topological polar surface area (TPSA) is 0 Å². The van der Waals surface area contributed by atoms with Crippen LogP contribution < -0.4 is 0 Å². The van der Waals surface area contributed by atoms with Crippen molar-refractivity contribution in [2.24, 2.45) is 11.8 Å². The highest BCUT2D eigenvalue weighted by Crippen LogP contribution is 2.34. The van der Waals surface area contributed by atoms with Crippen LogP contribution in [-0.2, 0) is 0 Å². The Morgan fingerprint density at radius 1 is 1.67 bits per heavy atom. The Hall–Kier alpha value is -0.440. The monoisotopic (exact) mass is 121 g/mol. The standard InChI is InChI=1S/C9H13/c1-3-8(4-2)9-6-5-7-9/h8-9H,3,5-7H2,1H3. The lowest BCUT2D eigenvalue weighted by molar-refractivity contribution is 0.244. The van der Waals surface area contributed by atoms with Gasteiger partial charge in [0.1, 0.15) is 0 Å². The number of hydrogen-bond acceptors (Lipinski definition) is 0. The van der Waals surface area contributed by atoms with Gasteiger partial charge in [-0.05, 0) is 31.6 Å². The van der Waals surface area contributed by atoms with E-state index in [1.807, 2.05) is 0 Å². The van der Waals surface area contributed by atoms with E-state index in [0.29, 0.717) is 5.92 Å². The lowest BCUT2D eigenvalue weighted by atomic mass is 9.75. The maximum Gasteiger partial charge on any atom is 0.0238 e. The first-order chi connectivity index (χ1) is 4.38. The zero-order valence-electron chi connectivity index (χ0n) is 5.98. The molecule has 1 fully saturated rings. The van der Waals surface area contributed by atoms with Crippen LogP contribution in [-0.4, -0.2) is 0 Å². The minimum Gasteiger partial charge on any atom is -0.0854 e. The molecule has 0 heterocycles. The highest BCUT2D eigenvalue weighted by molar-refractivity contribution is 4.93. The summed E-state index contributed by atoms with van der Waals surface area (Å²) in [5, 5.41) is 0. The Balaban J connectivity index is 2.30. The van der Waals surface area contributed by atoms with Gasteiger partial charge in [0.25, 0.3) is 0 Å². The molecular weight excluding hydrogens is 108 g/mol. The summed E-state index contributed by atoms with van der Waals surface area (Å²) in [7, 11) is 0. The zero-order valence-corrected chi connectivity index (χ0v) is 5.98. The predicted molar refractivity (Wildman–Crippen MR) is 38.3 cm³/mol. The van der Waals surface area contributed by atoms with Gasteiger partial charge in [-0.1, -0.05) is 19.3 Å². The minimum absolute atomic E-state index is 0.471. The second-order valence-electron chi connectivity index (χ2n) is 2.85. The average Bonchev–Trinajstić information content (AvgIpc) is 1.78. The molecule has 1 atom stereocenters. The molecule has 1 aliphatic carbocycles. The van der Waals surface area contributed by atoms with E-state index in [4.69, 9.17) is 6.42 Å². The summed E-state index contributed by atoms with van der Waals surface area (Å²) in [6.07, 6.45) is 12.1. The van der Waals surface area contributed by atoms with Gasteiger partial charge in [-0.25, -0.2) is 0 Å². The Morgan fingerprint density at radius 3 is 2.44 bits per heavy atom. The van der Waals surface area contributed by atoms with Crippen LogP contribution in [0.5, 0.6) is 0 Å². The third kappa shape index (κ3) is 1.27. The van der Waals surface area contributed by atoms with E-state index in [1.165, 1.54) is 19.3 Å². The normalized spacial score (nSPS) is 22.2. The summed E-state index contributed by atoms with van der Waals surface area (Å²) in [5.41, 5.74) is 0. The van der Waals surface area contributed by atoms with Crippen LogP contribution in [0.2, 0.25) is 0 Å². The molecule has 0 saturated heterocycles. The molecule has 0 aromatic heterocycles. The first kappa shape index (κ1) is 6.68. The van der Waals surface area contributed by atoms with Crippen molar-refractivity contribution in [1.82, 2.24) is 0 Å². The smallest absolute Gasteiger partial charge is 0.0238 e. The summed E-state index contributed by atoms with van der Waals surface area (Å²) in [4.78, 5) is 0. The van der Waals surface area contributed by atoms with Crippen molar-refractivity contribution in [3.8, 4) is 5.92 Å². The second-order valence-corrected chi connectivity index (χ2v) is 2.85. The van der Waals surface area contributed by atoms with Gasteiger partial charge >= 0.3 is 0 Å². The summed E-state index contributed by atoms with van der Waals surface area (Å²) in [6.45, 7) is 2.14. The molecule has 0 spiro atoms. The summed E-state index contributed by atoms with van der Waals surface area (Å²) in [5.74, 6) is 3.89. The second kappa shape index (κ2) is 2.92. The molecule has 1 rings (SSSR count). The van der Waals surface area contributed by atoms with E-state index in [1.54, 1.807) is 0 Å². The van der Waals surface area contributed by atoms with Crippen molar-refractivity contribution in [3.05, 3.63) is 6.42 Å². The van der Waals surface area contributed by atoms with Crippen molar-refractivity contribution in [3.63, 3.8) is 0 Å². The van der Waals surface area contributed by atoms with Gasteiger partial charge in [0.2, 0.25) is 0 Å². The molecule has 1 radical (unpaired) electrons. The Bertz CT molecular complexity index is 114. The van der Waals surface area contributed by atoms with Gasteiger partial charge in [-0.2, -0.15) is 0 Å². The van der Waals surface area contributed by atoms with Crippen LogP contribution in [0.4, 0.5) is 0 Å². The molecule has 0 heteroatoms. The quantitative estimate of drug-likeness (QED) is 0.492. The third-order valence-electron chi connectivity index (χ3n) is 2.34. The molecule has 1 unspecified atom stereocenters. The van der Waals surface area contributed by atoms with E-state index in [-0.39, 0.29) is 0 Å². The number of hydrogen-bond donors (Lipinski definition) is 0. The van der Waals surface area contributed by atoms with Gasteiger partial charge < -0.3 is 0 Å². The maximum atomic E-state index is 6.98.